The maximum absolute atomic E-state index is 14.3. The predicted octanol–water partition coefficient (Wildman–Crippen LogP) is 0.0610. The van der Waals surface area contributed by atoms with Gasteiger partial charge in [-0.3, -0.25) is 19.7 Å². The highest BCUT2D eigenvalue weighted by Gasteiger charge is 2.28. The SMILES string of the molecule is NCCC#Cc1cccc(C(=O)N[C@H]2CCC(=O)NC2=O)c1F. The van der Waals surface area contributed by atoms with Crippen LogP contribution in [0.25, 0.3) is 0 Å². The monoisotopic (exact) mass is 317 g/mol. The van der Waals surface area contributed by atoms with E-state index in [1.807, 2.05) is 0 Å². The van der Waals surface area contributed by atoms with Gasteiger partial charge in [0.1, 0.15) is 6.04 Å². The van der Waals surface area contributed by atoms with Crippen LogP contribution >= 0.6 is 0 Å². The van der Waals surface area contributed by atoms with Crippen molar-refractivity contribution in [3.63, 3.8) is 0 Å². The van der Waals surface area contributed by atoms with Crippen molar-refractivity contribution in [2.75, 3.05) is 6.54 Å². The molecular weight excluding hydrogens is 301 g/mol. The molecule has 1 aliphatic rings. The molecule has 0 unspecified atom stereocenters. The number of hydrogen-bond acceptors (Lipinski definition) is 4. The quantitative estimate of drug-likeness (QED) is 0.542. The van der Waals surface area contributed by atoms with Crippen LogP contribution in [0.3, 0.4) is 0 Å². The van der Waals surface area contributed by atoms with Crippen LogP contribution in [0.2, 0.25) is 0 Å². The van der Waals surface area contributed by atoms with Crippen molar-refractivity contribution in [1.29, 1.82) is 0 Å². The maximum Gasteiger partial charge on any atom is 0.254 e. The molecule has 0 aromatic heterocycles. The smallest absolute Gasteiger partial charge is 0.254 e. The molecule has 1 aromatic carbocycles. The van der Waals surface area contributed by atoms with E-state index in [2.05, 4.69) is 22.5 Å². The lowest BCUT2D eigenvalue weighted by atomic mass is 10.0. The molecule has 23 heavy (non-hydrogen) atoms. The lowest BCUT2D eigenvalue weighted by Gasteiger charge is -2.21. The summed E-state index contributed by atoms with van der Waals surface area (Å²) < 4.78 is 14.3. The number of hydrogen-bond donors (Lipinski definition) is 3. The first-order chi connectivity index (χ1) is 11.0. The second kappa shape index (κ2) is 7.51. The molecule has 1 aliphatic heterocycles. The number of nitrogens with one attached hydrogen (secondary N) is 2. The topological polar surface area (TPSA) is 101 Å². The molecule has 0 radical (unpaired) electrons. The molecular formula is C16H16FN3O3. The Morgan fingerprint density at radius 2 is 2.22 bits per heavy atom. The number of rotatable bonds is 3. The largest absolute Gasteiger partial charge is 0.340 e. The number of carbonyl (C=O) groups is 3. The van der Waals surface area contributed by atoms with E-state index in [-0.39, 0.29) is 29.9 Å². The van der Waals surface area contributed by atoms with Crippen LogP contribution in [0.15, 0.2) is 18.2 Å². The fraction of sp³-hybridized carbons (Fsp3) is 0.312. The Balaban J connectivity index is 2.14. The van der Waals surface area contributed by atoms with E-state index in [1.165, 1.54) is 18.2 Å². The van der Waals surface area contributed by atoms with Crippen LogP contribution in [0.5, 0.6) is 0 Å². The summed E-state index contributed by atoms with van der Waals surface area (Å²) in [6.45, 7) is 0.365. The van der Waals surface area contributed by atoms with E-state index in [0.717, 1.165) is 0 Å². The molecule has 120 valence electrons. The van der Waals surface area contributed by atoms with Gasteiger partial charge in [0, 0.05) is 19.4 Å². The molecule has 0 bridgehead atoms. The fourth-order valence-electron chi connectivity index (χ4n) is 2.10. The number of piperidine rings is 1. The molecule has 2 rings (SSSR count). The first-order valence-electron chi connectivity index (χ1n) is 7.15. The van der Waals surface area contributed by atoms with Crippen LogP contribution in [0.4, 0.5) is 4.39 Å². The summed E-state index contributed by atoms with van der Waals surface area (Å²) in [7, 11) is 0. The van der Waals surface area contributed by atoms with E-state index < -0.39 is 23.7 Å². The van der Waals surface area contributed by atoms with E-state index in [0.29, 0.717) is 13.0 Å². The van der Waals surface area contributed by atoms with Gasteiger partial charge < -0.3 is 11.1 Å². The van der Waals surface area contributed by atoms with Gasteiger partial charge in [0.15, 0.2) is 5.82 Å². The number of amides is 3. The summed E-state index contributed by atoms with van der Waals surface area (Å²) in [5, 5.41) is 4.56. The Hall–Kier alpha value is -2.72. The average molecular weight is 317 g/mol. The van der Waals surface area contributed by atoms with E-state index in [1.54, 1.807) is 0 Å². The molecule has 3 amide bonds. The number of benzene rings is 1. The standard InChI is InChI=1S/C16H16FN3O3/c17-14-10(4-1-2-9-18)5-3-6-11(14)15(22)19-12-7-8-13(21)20-16(12)23/h3,5-6,12H,2,7-9,18H2,(H,19,22)(H,20,21,23)/t12-/m0/s1. The zero-order chi connectivity index (χ0) is 16.8. The summed E-state index contributed by atoms with van der Waals surface area (Å²) in [5.74, 6) is 2.88. The van der Waals surface area contributed by atoms with Gasteiger partial charge in [0.2, 0.25) is 11.8 Å². The summed E-state index contributed by atoms with van der Waals surface area (Å²) in [6.07, 6.45) is 0.740. The van der Waals surface area contributed by atoms with Gasteiger partial charge in [-0.2, -0.15) is 0 Å². The Labute approximate surface area is 132 Å². The normalized spacial score (nSPS) is 17.0. The van der Waals surface area contributed by atoms with Crippen molar-refractivity contribution in [1.82, 2.24) is 10.6 Å². The van der Waals surface area contributed by atoms with Gasteiger partial charge in [0.25, 0.3) is 5.91 Å². The molecule has 1 atom stereocenters. The minimum atomic E-state index is -0.855. The Bertz CT molecular complexity index is 706. The highest BCUT2D eigenvalue weighted by atomic mass is 19.1. The van der Waals surface area contributed by atoms with Crippen LogP contribution in [0, 0.1) is 17.7 Å². The van der Waals surface area contributed by atoms with Gasteiger partial charge in [-0.05, 0) is 18.6 Å². The molecule has 6 nitrogen and oxygen atoms in total. The lowest BCUT2D eigenvalue weighted by Crippen LogP contribution is -2.52. The lowest BCUT2D eigenvalue weighted by molar-refractivity contribution is -0.134. The molecule has 0 saturated carbocycles. The van der Waals surface area contributed by atoms with Gasteiger partial charge >= 0.3 is 0 Å². The van der Waals surface area contributed by atoms with E-state index in [4.69, 9.17) is 5.73 Å². The molecule has 7 heteroatoms. The zero-order valence-electron chi connectivity index (χ0n) is 12.3. The van der Waals surface area contributed by atoms with Crippen LogP contribution in [-0.2, 0) is 9.59 Å². The third kappa shape index (κ3) is 4.14. The first kappa shape index (κ1) is 16.6. The van der Waals surface area contributed by atoms with Crippen molar-refractivity contribution in [3.8, 4) is 11.8 Å². The average Bonchev–Trinajstić information content (AvgIpc) is 2.52. The number of halogens is 1. The Kier molecular flexibility index (Phi) is 5.44. The van der Waals surface area contributed by atoms with Crippen molar-refractivity contribution in [2.45, 2.75) is 25.3 Å². The second-order valence-corrected chi connectivity index (χ2v) is 4.98. The molecule has 0 aliphatic carbocycles. The summed E-state index contributed by atoms with van der Waals surface area (Å²) in [5.41, 5.74) is 5.21. The molecule has 0 spiro atoms. The predicted molar refractivity (Wildman–Crippen MR) is 80.6 cm³/mol. The fourth-order valence-corrected chi connectivity index (χ4v) is 2.10. The van der Waals surface area contributed by atoms with Crippen LogP contribution < -0.4 is 16.4 Å². The highest BCUT2D eigenvalue weighted by molar-refractivity contribution is 6.03. The van der Waals surface area contributed by atoms with Crippen molar-refractivity contribution in [3.05, 3.63) is 35.1 Å². The van der Waals surface area contributed by atoms with Crippen molar-refractivity contribution >= 4 is 17.7 Å². The van der Waals surface area contributed by atoms with Gasteiger partial charge in [-0.15, -0.1) is 0 Å². The molecule has 1 heterocycles. The Morgan fingerprint density at radius 3 is 2.91 bits per heavy atom. The minimum absolute atomic E-state index is 0.0920. The van der Waals surface area contributed by atoms with Crippen molar-refractivity contribution < 1.29 is 18.8 Å². The Morgan fingerprint density at radius 1 is 1.43 bits per heavy atom. The minimum Gasteiger partial charge on any atom is -0.340 e. The van der Waals surface area contributed by atoms with Gasteiger partial charge in [-0.25, -0.2) is 4.39 Å². The molecule has 1 saturated heterocycles. The van der Waals surface area contributed by atoms with Crippen LogP contribution in [-0.4, -0.2) is 30.3 Å². The summed E-state index contributed by atoms with van der Waals surface area (Å²) in [6, 6.07) is 3.42. The second-order valence-electron chi connectivity index (χ2n) is 4.98. The van der Waals surface area contributed by atoms with Crippen molar-refractivity contribution in [2.24, 2.45) is 5.73 Å². The third-order valence-corrected chi connectivity index (χ3v) is 3.28. The summed E-state index contributed by atoms with van der Waals surface area (Å²) >= 11 is 0. The zero-order valence-corrected chi connectivity index (χ0v) is 12.3. The van der Waals surface area contributed by atoms with Crippen LogP contribution in [0.1, 0.15) is 35.2 Å². The molecule has 1 aromatic rings. The van der Waals surface area contributed by atoms with Gasteiger partial charge in [-0.1, -0.05) is 17.9 Å². The van der Waals surface area contributed by atoms with E-state index >= 15 is 0 Å². The summed E-state index contributed by atoms with van der Waals surface area (Å²) in [4.78, 5) is 34.9. The van der Waals surface area contributed by atoms with E-state index in [9.17, 15) is 18.8 Å². The maximum atomic E-state index is 14.3. The number of carbonyl (C=O) groups excluding carboxylic acids is 3. The number of imide groups is 1. The molecule has 1 fully saturated rings. The molecule has 4 N–H and O–H groups in total. The first-order valence-corrected chi connectivity index (χ1v) is 7.15. The van der Waals surface area contributed by atoms with Gasteiger partial charge in [0.05, 0.1) is 11.1 Å². The number of nitrogens with two attached hydrogens (primary N) is 1. The highest BCUT2D eigenvalue weighted by Crippen LogP contribution is 2.13. The third-order valence-electron chi connectivity index (χ3n) is 3.28.